The number of hydrogen-bond donors (Lipinski definition) is 1. The first kappa shape index (κ1) is 19.5. The molecule has 6 heteroatoms. The molecular formula is C21H27ClN4O. The first-order chi connectivity index (χ1) is 13.2. The summed E-state index contributed by atoms with van der Waals surface area (Å²) in [6.45, 7) is 6.08. The van der Waals surface area contributed by atoms with E-state index in [0.29, 0.717) is 18.7 Å². The quantitative estimate of drug-likeness (QED) is 0.721. The second kappa shape index (κ2) is 9.60. The van der Waals surface area contributed by atoms with Gasteiger partial charge in [0, 0.05) is 55.8 Å². The van der Waals surface area contributed by atoms with Crippen LogP contribution in [0.1, 0.15) is 36.5 Å². The molecule has 2 heterocycles. The van der Waals surface area contributed by atoms with E-state index in [1.165, 1.54) is 12.8 Å². The van der Waals surface area contributed by atoms with E-state index in [0.717, 1.165) is 42.5 Å². The normalized spacial score (nSPS) is 14.3. The van der Waals surface area contributed by atoms with Crippen LogP contribution in [-0.4, -0.2) is 48.5 Å². The number of anilines is 2. The number of rotatable bonds is 7. The third-order valence-electron chi connectivity index (χ3n) is 4.83. The molecule has 1 fully saturated rings. The van der Waals surface area contributed by atoms with Crippen molar-refractivity contribution in [3.8, 4) is 0 Å². The fraction of sp³-hybridized carbons (Fsp3) is 0.429. The fourth-order valence-electron chi connectivity index (χ4n) is 3.28. The monoisotopic (exact) mass is 386 g/mol. The summed E-state index contributed by atoms with van der Waals surface area (Å²) < 4.78 is 0. The van der Waals surface area contributed by atoms with Crippen LogP contribution in [-0.2, 0) is 0 Å². The van der Waals surface area contributed by atoms with Gasteiger partial charge in [-0.25, -0.2) is 0 Å². The number of unbranched alkanes of at least 4 members (excludes halogenated alkanes) is 2. The third kappa shape index (κ3) is 5.36. The molecule has 1 amide bonds. The van der Waals surface area contributed by atoms with E-state index >= 15 is 0 Å². The molecule has 0 radical (unpaired) electrons. The Kier molecular flexibility index (Phi) is 6.93. The Morgan fingerprint density at radius 3 is 2.70 bits per heavy atom. The van der Waals surface area contributed by atoms with Crippen LogP contribution < -0.4 is 10.2 Å². The highest BCUT2D eigenvalue weighted by Gasteiger charge is 2.22. The van der Waals surface area contributed by atoms with Crippen LogP contribution in [0.25, 0.3) is 0 Å². The number of carbonyl (C=O) groups excluding carboxylic acids is 1. The summed E-state index contributed by atoms with van der Waals surface area (Å²) in [5, 5.41) is 4.09. The number of pyridine rings is 1. The van der Waals surface area contributed by atoms with E-state index in [1.807, 2.05) is 29.2 Å². The summed E-state index contributed by atoms with van der Waals surface area (Å²) in [4.78, 5) is 21.2. The van der Waals surface area contributed by atoms with Crippen molar-refractivity contribution in [2.75, 3.05) is 42.9 Å². The molecule has 1 N–H and O–H groups in total. The zero-order valence-corrected chi connectivity index (χ0v) is 16.6. The lowest BCUT2D eigenvalue weighted by Crippen LogP contribution is -2.48. The minimum absolute atomic E-state index is 0.0467. The van der Waals surface area contributed by atoms with Crippen molar-refractivity contribution in [3.05, 3.63) is 53.3 Å². The van der Waals surface area contributed by atoms with Crippen LogP contribution in [0.4, 0.5) is 11.4 Å². The van der Waals surface area contributed by atoms with E-state index in [9.17, 15) is 4.79 Å². The summed E-state index contributed by atoms with van der Waals surface area (Å²) in [6.07, 6.45) is 6.96. The van der Waals surface area contributed by atoms with Gasteiger partial charge in [-0.05, 0) is 30.7 Å². The van der Waals surface area contributed by atoms with Gasteiger partial charge in [0.15, 0.2) is 0 Å². The van der Waals surface area contributed by atoms with Gasteiger partial charge in [-0.1, -0.05) is 37.4 Å². The van der Waals surface area contributed by atoms with Gasteiger partial charge in [0.2, 0.25) is 0 Å². The Morgan fingerprint density at radius 2 is 1.96 bits per heavy atom. The third-order valence-corrected chi connectivity index (χ3v) is 5.07. The Morgan fingerprint density at radius 1 is 1.15 bits per heavy atom. The highest BCUT2D eigenvalue weighted by Crippen LogP contribution is 2.21. The van der Waals surface area contributed by atoms with Crippen LogP contribution in [0, 0.1) is 0 Å². The average molecular weight is 387 g/mol. The molecule has 1 saturated heterocycles. The fourth-order valence-corrected chi connectivity index (χ4v) is 3.47. The molecule has 5 nitrogen and oxygen atoms in total. The standard InChI is InChI=1S/C21H27ClN4O/c1-2-3-4-8-24-19-13-17(15-23-16-19)21(27)26-11-9-25(10-12-26)20-7-5-6-18(22)14-20/h5-7,13-16,24H,2-4,8-12H2,1H3. The van der Waals surface area contributed by atoms with E-state index in [2.05, 4.69) is 28.2 Å². The number of halogens is 1. The molecule has 0 atom stereocenters. The molecule has 0 spiro atoms. The van der Waals surface area contributed by atoms with Gasteiger partial charge in [-0.3, -0.25) is 9.78 Å². The van der Waals surface area contributed by atoms with Crippen molar-refractivity contribution in [1.82, 2.24) is 9.88 Å². The van der Waals surface area contributed by atoms with Gasteiger partial charge in [-0.2, -0.15) is 0 Å². The number of piperazine rings is 1. The molecule has 0 aliphatic carbocycles. The maximum absolute atomic E-state index is 12.8. The molecule has 0 bridgehead atoms. The molecule has 2 aromatic rings. The molecule has 3 rings (SSSR count). The molecule has 0 unspecified atom stereocenters. The van der Waals surface area contributed by atoms with E-state index in [1.54, 1.807) is 12.4 Å². The Labute approximate surface area is 166 Å². The smallest absolute Gasteiger partial charge is 0.255 e. The van der Waals surface area contributed by atoms with E-state index in [4.69, 9.17) is 11.6 Å². The molecule has 1 aliphatic rings. The van der Waals surface area contributed by atoms with Crippen molar-refractivity contribution in [2.24, 2.45) is 0 Å². The molecule has 1 aromatic heterocycles. The van der Waals surface area contributed by atoms with Crippen LogP contribution in [0.5, 0.6) is 0 Å². The molecule has 144 valence electrons. The number of nitrogens with zero attached hydrogens (tertiary/aromatic N) is 3. The van der Waals surface area contributed by atoms with Crippen LogP contribution in [0.3, 0.4) is 0 Å². The first-order valence-corrected chi connectivity index (χ1v) is 10.0. The molecule has 27 heavy (non-hydrogen) atoms. The van der Waals surface area contributed by atoms with Crippen molar-refractivity contribution in [1.29, 1.82) is 0 Å². The molecule has 0 saturated carbocycles. The Hall–Kier alpha value is -2.27. The molecular weight excluding hydrogens is 360 g/mol. The van der Waals surface area contributed by atoms with Gasteiger partial charge >= 0.3 is 0 Å². The lowest BCUT2D eigenvalue weighted by Gasteiger charge is -2.36. The lowest BCUT2D eigenvalue weighted by atomic mass is 10.2. The second-order valence-corrected chi connectivity index (χ2v) is 7.29. The zero-order valence-electron chi connectivity index (χ0n) is 15.8. The van der Waals surface area contributed by atoms with Gasteiger partial charge in [-0.15, -0.1) is 0 Å². The van der Waals surface area contributed by atoms with E-state index < -0.39 is 0 Å². The lowest BCUT2D eigenvalue weighted by molar-refractivity contribution is 0.0746. The minimum Gasteiger partial charge on any atom is -0.384 e. The topological polar surface area (TPSA) is 48.5 Å². The number of carbonyl (C=O) groups is 1. The SMILES string of the molecule is CCCCCNc1cncc(C(=O)N2CCN(c3cccc(Cl)c3)CC2)c1. The Bertz CT molecular complexity index is 759. The predicted octanol–water partition coefficient (Wildman–Crippen LogP) is 4.30. The number of hydrogen-bond acceptors (Lipinski definition) is 4. The maximum Gasteiger partial charge on any atom is 0.255 e. The van der Waals surface area contributed by atoms with Crippen LogP contribution in [0.2, 0.25) is 5.02 Å². The number of amides is 1. The van der Waals surface area contributed by atoms with Gasteiger partial charge in [0.25, 0.3) is 5.91 Å². The highest BCUT2D eigenvalue weighted by molar-refractivity contribution is 6.30. The number of aromatic nitrogens is 1. The number of nitrogens with one attached hydrogen (secondary N) is 1. The van der Waals surface area contributed by atoms with E-state index in [-0.39, 0.29) is 5.91 Å². The van der Waals surface area contributed by atoms with Crippen molar-refractivity contribution in [2.45, 2.75) is 26.2 Å². The van der Waals surface area contributed by atoms with Gasteiger partial charge in [0.05, 0.1) is 11.3 Å². The number of benzene rings is 1. The van der Waals surface area contributed by atoms with Crippen molar-refractivity contribution in [3.63, 3.8) is 0 Å². The van der Waals surface area contributed by atoms with Crippen molar-refractivity contribution < 1.29 is 4.79 Å². The predicted molar refractivity (Wildman–Crippen MR) is 112 cm³/mol. The van der Waals surface area contributed by atoms with Crippen LogP contribution >= 0.6 is 11.6 Å². The first-order valence-electron chi connectivity index (χ1n) is 9.66. The maximum atomic E-state index is 12.8. The Balaban J connectivity index is 1.56. The second-order valence-electron chi connectivity index (χ2n) is 6.86. The molecule has 1 aliphatic heterocycles. The van der Waals surface area contributed by atoms with Crippen molar-refractivity contribution >= 4 is 28.9 Å². The highest BCUT2D eigenvalue weighted by atomic mass is 35.5. The summed E-state index contributed by atoms with van der Waals surface area (Å²) in [5.74, 6) is 0.0467. The average Bonchev–Trinajstić information content (AvgIpc) is 2.71. The summed E-state index contributed by atoms with van der Waals surface area (Å²) in [7, 11) is 0. The van der Waals surface area contributed by atoms with Gasteiger partial charge in [0.1, 0.15) is 0 Å². The minimum atomic E-state index is 0.0467. The zero-order chi connectivity index (χ0) is 19.1. The van der Waals surface area contributed by atoms with Crippen LogP contribution in [0.15, 0.2) is 42.7 Å². The molecule has 1 aromatic carbocycles. The largest absolute Gasteiger partial charge is 0.384 e. The summed E-state index contributed by atoms with van der Waals surface area (Å²) >= 11 is 6.09. The van der Waals surface area contributed by atoms with Gasteiger partial charge < -0.3 is 15.1 Å². The summed E-state index contributed by atoms with van der Waals surface area (Å²) in [5.41, 5.74) is 2.66. The summed E-state index contributed by atoms with van der Waals surface area (Å²) in [6, 6.07) is 9.77.